The Morgan fingerprint density at radius 1 is 1.19 bits per heavy atom. The zero-order chi connectivity index (χ0) is 22.5. The lowest BCUT2D eigenvalue weighted by molar-refractivity contribution is -0.119. The molecule has 0 spiro atoms. The van der Waals surface area contributed by atoms with Crippen LogP contribution >= 0.6 is 11.6 Å². The fraction of sp³-hybridized carbons (Fsp3) is 0.150. The molecule has 7 nitrogen and oxygen atoms in total. The number of hydrogen-bond acceptors (Lipinski definition) is 6. The van der Waals surface area contributed by atoms with Crippen molar-refractivity contribution in [2.45, 2.75) is 13.5 Å². The van der Waals surface area contributed by atoms with Gasteiger partial charge in [0.2, 0.25) is 0 Å². The third kappa shape index (κ3) is 5.15. The molecule has 0 saturated heterocycles. The van der Waals surface area contributed by atoms with Crippen LogP contribution in [0.5, 0.6) is 5.75 Å². The third-order valence-corrected chi connectivity index (χ3v) is 4.29. The fourth-order valence-electron chi connectivity index (χ4n) is 2.67. The summed E-state index contributed by atoms with van der Waals surface area (Å²) in [6, 6.07) is 9.42. The van der Waals surface area contributed by atoms with E-state index in [0.717, 1.165) is 6.07 Å². The van der Waals surface area contributed by atoms with Gasteiger partial charge in [-0.3, -0.25) is 4.79 Å². The van der Waals surface area contributed by atoms with Crippen molar-refractivity contribution in [1.82, 2.24) is 5.16 Å². The average Bonchev–Trinajstić information content (AvgIpc) is 3.08. The molecule has 0 fully saturated rings. The Labute approximate surface area is 178 Å². The van der Waals surface area contributed by atoms with Crippen molar-refractivity contribution < 1.29 is 36.8 Å². The van der Waals surface area contributed by atoms with E-state index < -0.39 is 30.9 Å². The molecule has 162 valence electrons. The quantitative estimate of drug-likeness (QED) is 0.514. The molecule has 2 aromatic carbocycles. The van der Waals surface area contributed by atoms with Crippen LogP contribution in [0.2, 0.25) is 5.02 Å². The van der Waals surface area contributed by atoms with Crippen LogP contribution in [-0.4, -0.2) is 30.3 Å². The van der Waals surface area contributed by atoms with E-state index in [2.05, 4.69) is 15.2 Å². The SMILES string of the molecule is Cc1onc(-c2c(F)cccc2Cl)c1C(=O)OCC(=O)Nc1ccccc1OC(F)F. The number of aromatic nitrogens is 1. The average molecular weight is 455 g/mol. The standard InChI is InChI=1S/C20H14ClF3N2O5/c1-10-16(18(26-31-10)17-11(21)5-4-6-12(17)22)19(28)29-9-15(27)25-13-7-2-3-8-14(13)30-20(23)24/h2-8,20H,9H2,1H3,(H,25,27). The van der Waals surface area contributed by atoms with E-state index >= 15 is 0 Å². The summed E-state index contributed by atoms with van der Waals surface area (Å²) in [5, 5.41) is 5.97. The molecule has 0 aliphatic rings. The third-order valence-electron chi connectivity index (χ3n) is 3.98. The topological polar surface area (TPSA) is 90.7 Å². The molecule has 11 heteroatoms. The van der Waals surface area contributed by atoms with Gasteiger partial charge in [-0.15, -0.1) is 0 Å². The van der Waals surface area contributed by atoms with Gasteiger partial charge >= 0.3 is 12.6 Å². The van der Waals surface area contributed by atoms with E-state index in [4.69, 9.17) is 20.9 Å². The summed E-state index contributed by atoms with van der Waals surface area (Å²) in [6.07, 6.45) is 0. The lowest BCUT2D eigenvalue weighted by Gasteiger charge is -2.12. The van der Waals surface area contributed by atoms with Crippen molar-refractivity contribution in [1.29, 1.82) is 0 Å². The second-order valence-corrected chi connectivity index (χ2v) is 6.47. The Kier molecular flexibility index (Phi) is 6.81. The highest BCUT2D eigenvalue weighted by molar-refractivity contribution is 6.33. The zero-order valence-electron chi connectivity index (χ0n) is 15.8. The second kappa shape index (κ2) is 9.52. The van der Waals surface area contributed by atoms with Crippen LogP contribution in [0.4, 0.5) is 18.9 Å². The second-order valence-electron chi connectivity index (χ2n) is 6.06. The molecule has 3 rings (SSSR count). The molecular formula is C20H14ClF3N2O5. The van der Waals surface area contributed by atoms with Gasteiger partial charge in [0.1, 0.15) is 28.6 Å². The first-order valence-corrected chi connectivity index (χ1v) is 9.07. The highest BCUT2D eigenvalue weighted by atomic mass is 35.5. The van der Waals surface area contributed by atoms with E-state index in [1.807, 2.05) is 0 Å². The van der Waals surface area contributed by atoms with Gasteiger partial charge in [-0.2, -0.15) is 8.78 Å². The number of hydrogen-bond donors (Lipinski definition) is 1. The van der Waals surface area contributed by atoms with Gasteiger partial charge in [0.05, 0.1) is 16.3 Å². The van der Waals surface area contributed by atoms with Crippen molar-refractivity contribution in [2.75, 3.05) is 11.9 Å². The summed E-state index contributed by atoms with van der Waals surface area (Å²) in [5.74, 6) is -2.80. The van der Waals surface area contributed by atoms with Gasteiger partial charge in [0.15, 0.2) is 6.61 Å². The molecule has 0 bridgehead atoms. The lowest BCUT2D eigenvalue weighted by atomic mass is 10.1. The van der Waals surface area contributed by atoms with Gasteiger partial charge in [-0.05, 0) is 31.2 Å². The van der Waals surface area contributed by atoms with Crippen molar-refractivity contribution in [3.8, 4) is 17.0 Å². The summed E-state index contributed by atoms with van der Waals surface area (Å²) < 4.78 is 53.4. The Bertz CT molecular complexity index is 1100. The number of alkyl halides is 2. The minimum absolute atomic E-state index is 0.00395. The molecule has 1 aromatic heterocycles. The molecule has 31 heavy (non-hydrogen) atoms. The number of carbonyl (C=O) groups excluding carboxylic acids is 2. The van der Waals surface area contributed by atoms with E-state index in [1.165, 1.54) is 43.3 Å². The van der Waals surface area contributed by atoms with Crippen molar-refractivity contribution in [3.05, 3.63) is 64.6 Å². The maximum absolute atomic E-state index is 14.2. The predicted octanol–water partition coefficient (Wildman–Crippen LogP) is 4.84. The lowest BCUT2D eigenvalue weighted by Crippen LogP contribution is -2.22. The Morgan fingerprint density at radius 2 is 1.94 bits per heavy atom. The zero-order valence-corrected chi connectivity index (χ0v) is 16.6. The maximum Gasteiger partial charge on any atom is 0.387 e. The molecule has 0 saturated carbocycles. The van der Waals surface area contributed by atoms with Gasteiger partial charge in [0, 0.05) is 0 Å². The number of ether oxygens (including phenoxy) is 2. The molecule has 0 atom stereocenters. The molecular weight excluding hydrogens is 441 g/mol. The van der Waals surface area contributed by atoms with Crippen molar-refractivity contribution in [3.63, 3.8) is 0 Å². The fourth-order valence-corrected chi connectivity index (χ4v) is 2.92. The van der Waals surface area contributed by atoms with Gasteiger partial charge in [0.25, 0.3) is 5.91 Å². The highest BCUT2D eigenvalue weighted by Crippen LogP contribution is 2.33. The van der Waals surface area contributed by atoms with Crippen LogP contribution in [0.3, 0.4) is 0 Å². The number of nitrogens with zero attached hydrogens (tertiary/aromatic N) is 1. The van der Waals surface area contributed by atoms with E-state index in [-0.39, 0.29) is 39.0 Å². The smallest absolute Gasteiger partial charge is 0.387 e. The molecule has 3 aromatic rings. The number of esters is 1. The molecule has 1 heterocycles. The molecule has 0 aliphatic heterocycles. The number of para-hydroxylation sites is 2. The molecule has 0 radical (unpaired) electrons. The predicted molar refractivity (Wildman–Crippen MR) is 104 cm³/mol. The minimum Gasteiger partial charge on any atom is -0.452 e. The Balaban J connectivity index is 1.73. The van der Waals surface area contributed by atoms with E-state index in [1.54, 1.807) is 0 Å². The first kappa shape index (κ1) is 22.2. The van der Waals surface area contributed by atoms with E-state index in [0.29, 0.717) is 0 Å². The number of amides is 1. The van der Waals surface area contributed by atoms with Crippen LogP contribution in [0, 0.1) is 12.7 Å². The van der Waals surface area contributed by atoms with Crippen LogP contribution < -0.4 is 10.1 Å². The van der Waals surface area contributed by atoms with Crippen LogP contribution in [0.15, 0.2) is 47.0 Å². The molecule has 0 unspecified atom stereocenters. The summed E-state index contributed by atoms with van der Waals surface area (Å²) in [6.45, 7) is -2.45. The summed E-state index contributed by atoms with van der Waals surface area (Å²) in [7, 11) is 0. The van der Waals surface area contributed by atoms with Crippen LogP contribution in [0.25, 0.3) is 11.3 Å². The monoisotopic (exact) mass is 454 g/mol. The molecule has 1 amide bonds. The van der Waals surface area contributed by atoms with E-state index in [9.17, 15) is 22.8 Å². The van der Waals surface area contributed by atoms with Crippen LogP contribution in [0.1, 0.15) is 16.1 Å². The number of carbonyl (C=O) groups is 2. The number of nitrogens with one attached hydrogen (secondary N) is 1. The van der Waals surface area contributed by atoms with Gasteiger partial charge in [-0.1, -0.05) is 35.0 Å². The summed E-state index contributed by atoms with van der Waals surface area (Å²) >= 11 is 6.02. The number of rotatable bonds is 7. The number of aryl methyl sites for hydroxylation is 1. The number of anilines is 1. The Morgan fingerprint density at radius 3 is 2.65 bits per heavy atom. The van der Waals surface area contributed by atoms with Crippen molar-refractivity contribution in [2.24, 2.45) is 0 Å². The first-order chi connectivity index (χ1) is 14.8. The number of benzene rings is 2. The summed E-state index contributed by atoms with van der Waals surface area (Å²) in [4.78, 5) is 24.6. The van der Waals surface area contributed by atoms with Gasteiger partial charge in [-0.25, -0.2) is 9.18 Å². The molecule has 1 N–H and O–H groups in total. The number of halogens is 4. The van der Waals surface area contributed by atoms with Crippen molar-refractivity contribution >= 4 is 29.2 Å². The first-order valence-electron chi connectivity index (χ1n) is 8.69. The minimum atomic E-state index is -3.09. The molecule has 0 aliphatic carbocycles. The largest absolute Gasteiger partial charge is 0.452 e. The van der Waals surface area contributed by atoms with Gasteiger partial charge < -0.3 is 19.3 Å². The summed E-state index contributed by atoms with van der Waals surface area (Å²) in [5.41, 5.74) is -0.581. The highest BCUT2D eigenvalue weighted by Gasteiger charge is 2.27. The Hall–Kier alpha value is -3.53. The van der Waals surface area contributed by atoms with Crippen LogP contribution in [-0.2, 0) is 9.53 Å². The maximum atomic E-state index is 14.2. The normalized spacial score (nSPS) is 10.8.